The average molecular weight is 437 g/mol. The maximum atomic E-state index is 10.0. The van der Waals surface area contributed by atoms with Crippen LogP contribution in [0.2, 0.25) is 0 Å². The Labute approximate surface area is 180 Å². The molecule has 0 unspecified atom stereocenters. The first-order valence-corrected chi connectivity index (χ1v) is 11.7. The van der Waals surface area contributed by atoms with Crippen molar-refractivity contribution < 1.29 is 17.2 Å². The summed E-state index contributed by atoms with van der Waals surface area (Å²) in [7, 11) is -4.64. The van der Waals surface area contributed by atoms with Gasteiger partial charge in [0.05, 0.1) is 10.9 Å². The Morgan fingerprint density at radius 3 is 1.13 bits per heavy atom. The minimum Gasteiger partial charge on any atom is -0.716 e. The molecule has 0 aliphatic carbocycles. The maximum Gasteiger partial charge on any atom is 0.262 e. The number of hydrogen-bond acceptors (Lipinski definition) is 4. The van der Waals surface area contributed by atoms with E-state index in [1.54, 1.807) is 18.2 Å². The van der Waals surface area contributed by atoms with Crippen molar-refractivity contribution in [2.24, 2.45) is 0 Å². The highest BCUT2D eigenvalue weighted by atomic mass is 32.3. The van der Waals surface area contributed by atoms with Crippen LogP contribution in [0.25, 0.3) is 0 Å². The first-order valence-electron chi connectivity index (χ1n) is 9.13. The van der Waals surface area contributed by atoms with Crippen molar-refractivity contribution in [2.75, 3.05) is 0 Å². The monoisotopic (exact) mass is 436 g/mol. The number of hydrogen-bond donors (Lipinski definition) is 0. The smallest absolute Gasteiger partial charge is 0.262 e. The molecule has 0 aliphatic heterocycles. The highest BCUT2D eigenvalue weighted by Gasteiger charge is 2.27. The van der Waals surface area contributed by atoms with Crippen molar-refractivity contribution in [3.8, 4) is 5.75 Å². The van der Waals surface area contributed by atoms with Crippen molar-refractivity contribution in [1.82, 2.24) is 0 Å². The molecule has 0 saturated carbocycles. The Bertz CT molecular complexity index is 1030. The third kappa shape index (κ3) is 6.77. The standard InChI is InChI=1S/C18H15S.C6H6O4S/c1-4-10-16(11-5-1)19(17-12-6-2-7-13-17)18-14-8-3-9-15-18;7-11(8,9)10-6-4-2-1-3-5-6/h1-15H;1-5H,(H,7,8,9)/q+1;/p-1. The van der Waals surface area contributed by atoms with E-state index in [1.165, 1.54) is 26.8 Å². The Balaban J connectivity index is 0.000000199. The first kappa shape index (κ1) is 21.6. The van der Waals surface area contributed by atoms with Gasteiger partial charge in [0.15, 0.2) is 14.7 Å². The van der Waals surface area contributed by atoms with Crippen LogP contribution in [0, 0.1) is 0 Å². The van der Waals surface area contributed by atoms with Crippen molar-refractivity contribution in [2.45, 2.75) is 14.7 Å². The number of benzene rings is 4. The molecule has 0 spiro atoms. The molecule has 0 aliphatic rings. The van der Waals surface area contributed by atoms with Gasteiger partial charge in [0, 0.05) is 0 Å². The summed E-state index contributed by atoms with van der Waals surface area (Å²) in [5.41, 5.74) is 0. The van der Waals surface area contributed by atoms with Crippen LogP contribution in [-0.2, 0) is 21.3 Å². The summed E-state index contributed by atoms with van der Waals surface area (Å²) in [6, 6.07) is 39.7. The molecule has 0 aromatic heterocycles. The summed E-state index contributed by atoms with van der Waals surface area (Å²) in [6.07, 6.45) is 0. The van der Waals surface area contributed by atoms with Gasteiger partial charge in [-0.25, -0.2) is 8.42 Å². The minimum atomic E-state index is -4.63. The first-order chi connectivity index (χ1) is 14.5. The molecule has 4 aromatic rings. The van der Waals surface area contributed by atoms with Gasteiger partial charge in [0.1, 0.15) is 5.75 Å². The van der Waals surface area contributed by atoms with Gasteiger partial charge in [0.25, 0.3) is 10.4 Å². The van der Waals surface area contributed by atoms with Crippen molar-refractivity contribution in [1.29, 1.82) is 0 Å². The highest BCUT2D eigenvalue weighted by Crippen LogP contribution is 2.30. The molecule has 0 fully saturated rings. The lowest BCUT2D eigenvalue weighted by atomic mass is 10.3. The topological polar surface area (TPSA) is 66.4 Å². The molecule has 0 saturated heterocycles. The summed E-state index contributed by atoms with van der Waals surface area (Å²) in [6.45, 7) is 0. The van der Waals surface area contributed by atoms with Gasteiger partial charge in [-0.05, 0) is 48.5 Å². The fourth-order valence-corrected chi connectivity index (χ4v) is 5.12. The molecular weight excluding hydrogens is 416 g/mol. The van der Waals surface area contributed by atoms with E-state index >= 15 is 0 Å². The van der Waals surface area contributed by atoms with E-state index in [0.717, 1.165) is 0 Å². The van der Waals surface area contributed by atoms with E-state index in [9.17, 15) is 13.0 Å². The zero-order chi connectivity index (χ0) is 21.2. The Morgan fingerprint density at radius 1 is 0.533 bits per heavy atom. The molecule has 30 heavy (non-hydrogen) atoms. The average Bonchev–Trinajstić information content (AvgIpc) is 2.76. The quantitative estimate of drug-likeness (QED) is 0.242. The van der Waals surface area contributed by atoms with Gasteiger partial charge in [-0.15, -0.1) is 0 Å². The second-order valence-corrected chi connectivity index (χ2v) is 9.06. The molecule has 0 bridgehead atoms. The van der Waals surface area contributed by atoms with Gasteiger partial charge in [-0.2, -0.15) is 0 Å². The van der Waals surface area contributed by atoms with Crippen LogP contribution < -0.4 is 4.18 Å². The van der Waals surface area contributed by atoms with Crippen LogP contribution in [0.4, 0.5) is 0 Å². The molecule has 0 heterocycles. The maximum absolute atomic E-state index is 10.0. The van der Waals surface area contributed by atoms with Crippen molar-refractivity contribution >= 4 is 21.3 Å². The second kappa shape index (κ2) is 10.6. The van der Waals surface area contributed by atoms with Gasteiger partial charge in [-0.1, -0.05) is 72.8 Å². The zero-order valence-electron chi connectivity index (χ0n) is 16.0. The molecule has 4 aromatic carbocycles. The lowest BCUT2D eigenvalue weighted by Crippen LogP contribution is -2.06. The van der Waals surface area contributed by atoms with Crippen LogP contribution in [0.1, 0.15) is 0 Å². The third-order valence-electron chi connectivity index (χ3n) is 3.88. The van der Waals surface area contributed by atoms with Crippen LogP contribution in [0.5, 0.6) is 5.75 Å². The lowest BCUT2D eigenvalue weighted by molar-refractivity contribution is 0.372. The molecule has 152 valence electrons. The van der Waals surface area contributed by atoms with Gasteiger partial charge >= 0.3 is 0 Å². The molecule has 0 amide bonds. The summed E-state index contributed by atoms with van der Waals surface area (Å²) in [4.78, 5) is 4.08. The SMILES string of the molecule is O=S(=O)([O-])Oc1ccccc1.c1ccc([S+](c2ccccc2)c2ccccc2)cc1. The molecule has 0 radical (unpaired) electrons. The largest absolute Gasteiger partial charge is 0.716 e. The normalized spacial score (nSPS) is 10.7. The lowest BCUT2D eigenvalue weighted by Gasteiger charge is -2.07. The molecule has 4 rings (SSSR count). The van der Waals surface area contributed by atoms with Crippen molar-refractivity contribution in [3.63, 3.8) is 0 Å². The summed E-state index contributed by atoms with van der Waals surface area (Å²) in [5.74, 6) is 0.0301. The summed E-state index contributed by atoms with van der Waals surface area (Å²) < 4.78 is 34.1. The zero-order valence-corrected chi connectivity index (χ0v) is 17.6. The van der Waals surface area contributed by atoms with Gasteiger partial charge in [-0.3, -0.25) is 0 Å². The molecule has 4 nitrogen and oxygen atoms in total. The van der Waals surface area contributed by atoms with E-state index in [1.807, 2.05) is 0 Å². The fraction of sp³-hybridized carbons (Fsp3) is 0. The predicted octanol–water partition coefficient (Wildman–Crippen LogP) is 5.31. The van der Waals surface area contributed by atoms with Crippen LogP contribution in [0.3, 0.4) is 0 Å². The third-order valence-corrected chi connectivity index (χ3v) is 6.51. The molecular formula is C24H20O4S2. The van der Waals surface area contributed by atoms with E-state index in [2.05, 4.69) is 95.2 Å². The highest BCUT2D eigenvalue weighted by molar-refractivity contribution is 7.97. The van der Waals surface area contributed by atoms with Gasteiger partial charge < -0.3 is 8.74 Å². The minimum absolute atomic E-state index is 0.0146. The van der Waals surface area contributed by atoms with E-state index in [4.69, 9.17) is 0 Å². The number of rotatable bonds is 5. The molecule has 0 N–H and O–H groups in total. The van der Waals surface area contributed by atoms with Crippen LogP contribution >= 0.6 is 0 Å². The van der Waals surface area contributed by atoms with E-state index in [0.29, 0.717) is 0 Å². The molecule has 6 heteroatoms. The van der Waals surface area contributed by atoms with E-state index in [-0.39, 0.29) is 16.6 Å². The predicted molar refractivity (Wildman–Crippen MR) is 118 cm³/mol. The van der Waals surface area contributed by atoms with E-state index < -0.39 is 10.4 Å². The Kier molecular flexibility index (Phi) is 7.68. The van der Waals surface area contributed by atoms with Crippen LogP contribution in [0.15, 0.2) is 136 Å². The van der Waals surface area contributed by atoms with Gasteiger partial charge in [0.2, 0.25) is 0 Å². The summed E-state index contributed by atoms with van der Waals surface area (Å²) in [5, 5.41) is 0. The van der Waals surface area contributed by atoms with Crippen LogP contribution in [-0.4, -0.2) is 13.0 Å². The number of para-hydroxylation sites is 1. The van der Waals surface area contributed by atoms with Crippen molar-refractivity contribution in [3.05, 3.63) is 121 Å². The molecule has 0 atom stereocenters. The Hall–Kier alpha value is -3.06. The summed E-state index contributed by atoms with van der Waals surface area (Å²) >= 11 is 0. The fourth-order valence-electron chi connectivity index (χ4n) is 2.67. The Morgan fingerprint density at radius 2 is 0.833 bits per heavy atom. The second-order valence-electron chi connectivity index (χ2n) is 6.05.